The Labute approximate surface area is 47.3 Å². The summed E-state index contributed by atoms with van der Waals surface area (Å²) in [6.45, 7) is 1.97. The third-order valence-corrected chi connectivity index (χ3v) is 0.640. The van der Waals surface area contributed by atoms with Crippen LogP contribution < -0.4 is 5.90 Å². The zero-order valence-electron chi connectivity index (χ0n) is 4.63. The zero-order chi connectivity index (χ0) is 6.41. The predicted octanol–water partition coefficient (Wildman–Crippen LogP) is 0.0524. The van der Waals surface area contributed by atoms with Crippen molar-refractivity contribution in [2.24, 2.45) is 5.90 Å². The molecule has 1 rings (SSSR count). The Morgan fingerprint density at radius 2 is 2.38 bits per heavy atom. The number of rotatable bonds is 0. The van der Waals surface area contributed by atoms with Crippen molar-refractivity contribution in [3.63, 3.8) is 0 Å². The van der Waals surface area contributed by atoms with Gasteiger partial charge in [-0.05, 0) is 13.0 Å². The Morgan fingerprint density at radius 1 is 1.75 bits per heavy atom. The minimum Gasteiger partial charge on any atom is -0.320 e. The summed E-state index contributed by atoms with van der Waals surface area (Å²) < 4.78 is 0. The van der Waals surface area contributed by atoms with Crippen molar-refractivity contribution < 1.29 is 5.21 Å². The first-order valence-corrected chi connectivity index (χ1v) is 2.11. The van der Waals surface area contributed by atoms with Crippen LogP contribution in [-0.2, 0) is 0 Å². The van der Waals surface area contributed by atoms with Crippen molar-refractivity contribution in [1.82, 2.24) is 10.2 Å². The number of nitrogens with one attached hydrogen (secondary N) is 1. The van der Waals surface area contributed by atoms with Gasteiger partial charge in [-0.15, -0.1) is 0 Å². The Hall–Kier alpha value is -0.870. The number of aryl methyl sites for hydroxylation is 1. The van der Waals surface area contributed by atoms with Crippen LogP contribution in [0, 0.1) is 6.92 Å². The second kappa shape index (κ2) is 4.29. The predicted molar refractivity (Wildman–Crippen MR) is 29.3 cm³/mol. The Balaban J connectivity index is 0.000000222. The molecule has 0 atom stereocenters. The first kappa shape index (κ1) is 7.13. The number of H-pyrrole nitrogens is 1. The smallest absolute Gasteiger partial charge is 0.0489 e. The molecule has 1 aromatic heterocycles. The normalized spacial score (nSPS) is 7.38. The third kappa shape index (κ3) is 2.33. The van der Waals surface area contributed by atoms with Gasteiger partial charge in [0.1, 0.15) is 0 Å². The molecule has 0 aliphatic rings. The summed E-state index contributed by atoms with van der Waals surface area (Å²) in [6, 6.07) is 1.92. The van der Waals surface area contributed by atoms with E-state index in [4.69, 9.17) is 5.21 Å². The Kier molecular flexibility index (Phi) is 3.83. The SMILES string of the molecule is Cc1ccn[nH]1.NO. The highest BCUT2D eigenvalue weighted by Gasteiger charge is 1.73. The molecule has 0 aromatic carbocycles. The van der Waals surface area contributed by atoms with Crippen LogP contribution in [0.3, 0.4) is 0 Å². The van der Waals surface area contributed by atoms with Crippen LogP contribution in [0.25, 0.3) is 0 Å². The largest absolute Gasteiger partial charge is 0.320 e. The molecule has 46 valence electrons. The highest BCUT2D eigenvalue weighted by Crippen LogP contribution is 1.82. The van der Waals surface area contributed by atoms with E-state index in [0.717, 1.165) is 5.69 Å². The summed E-state index contributed by atoms with van der Waals surface area (Å²) in [5.74, 6) is 3.50. The molecule has 0 fully saturated rings. The fourth-order valence-corrected chi connectivity index (χ4v) is 0.325. The van der Waals surface area contributed by atoms with Gasteiger partial charge in [-0.25, -0.2) is 5.90 Å². The quantitative estimate of drug-likeness (QED) is 0.418. The van der Waals surface area contributed by atoms with Crippen molar-refractivity contribution in [1.29, 1.82) is 0 Å². The van der Waals surface area contributed by atoms with E-state index in [0.29, 0.717) is 0 Å². The van der Waals surface area contributed by atoms with Crippen LogP contribution in [0.5, 0.6) is 0 Å². The number of aromatic nitrogens is 2. The van der Waals surface area contributed by atoms with E-state index in [2.05, 4.69) is 16.1 Å². The lowest BCUT2D eigenvalue weighted by Crippen LogP contribution is -1.72. The zero-order valence-corrected chi connectivity index (χ0v) is 4.63. The summed E-state index contributed by atoms with van der Waals surface area (Å²) in [5, 5.41) is 12.9. The van der Waals surface area contributed by atoms with Gasteiger partial charge in [0.05, 0.1) is 0 Å². The highest BCUT2D eigenvalue weighted by molar-refractivity contribution is 4.91. The molecule has 0 saturated heterocycles. The van der Waals surface area contributed by atoms with E-state index in [1.165, 1.54) is 0 Å². The van der Waals surface area contributed by atoms with E-state index in [1.807, 2.05) is 13.0 Å². The topological polar surface area (TPSA) is 74.9 Å². The van der Waals surface area contributed by atoms with Gasteiger partial charge in [-0.1, -0.05) is 0 Å². The minimum absolute atomic E-state index is 1.11. The molecular weight excluding hydrogens is 106 g/mol. The molecule has 0 radical (unpaired) electrons. The maximum Gasteiger partial charge on any atom is 0.0489 e. The van der Waals surface area contributed by atoms with Crippen molar-refractivity contribution in [3.05, 3.63) is 18.0 Å². The van der Waals surface area contributed by atoms with E-state index in [9.17, 15) is 0 Å². The minimum atomic E-state index is 1.11. The van der Waals surface area contributed by atoms with Gasteiger partial charge in [0.15, 0.2) is 0 Å². The lowest BCUT2D eigenvalue weighted by atomic mass is 10.5. The van der Waals surface area contributed by atoms with Crippen LogP contribution in [-0.4, -0.2) is 15.4 Å². The first-order chi connectivity index (χ1) is 3.89. The summed E-state index contributed by atoms with van der Waals surface area (Å²) in [6.07, 6.45) is 1.73. The number of aromatic amines is 1. The first-order valence-electron chi connectivity index (χ1n) is 2.11. The molecule has 0 saturated carbocycles. The molecule has 1 aromatic rings. The fourth-order valence-electron chi connectivity index (χ4n) is 0.325. The Bertz CT molecular complexity index is 115. The molecule has 0 spiro atoms. The molecule has 1 heterocycles. The number of hydrogen-bond donors (Lipinski definition) is 3. The summed E-state index contributed by atoms with van der Waals surface area (Å²) in [7, 11) is 0. The van der Waals surface area contributed by atoms with Crippen LogP contribution in [0.4, 0.5) is 0 Å². The maximum absolute atomic E-state index is 6.50. The lowest BCUT2D eigenvalue weighted by molar-refractivity contribution is 0.311. The van der Waals surface area contributed by atoms with Crippen molar-refractivity contribution in [2.75, 3.05) is 0 Å². The average molecular weight is 115 g/mol. The molecule has 4 nitrogen and oxygen atoms in total. The molecule has 0 unspecified atom stereocenters. The van der Waals surface area contributed by atoms with E-state index >= 15 is 0 Å². The van der Waals surface area contributed by atoms with Crippen molar-refractivity contribution >= 4 is 0 Å². The molecule has 0 aliphatic heterocycles. The fraction of sp³-hybridized carbons (Fsp3) is 0.250. The van der Waals surface area contributed by atoms with Crippen LogP contribution in [0.2, 0.25) is 0 Å². The lowest BCUT2D eigenvalue weighted by Gasteiger charge is -1.68. The number of nitrogens with two attached hydrogens (primary N) is 1. The van der Waals surface area contributed by atoms with Gasteiger partial charge in [0.25, 0.3) is 0 Å². The summed E-state index contributed by atoms with van der Waals surface area (Å²) in [5.41, 5.74) is 1.11. The summed E-state index contributed by atoms with van der Waals surface area (Å²) in [4.78, 5) is 0. The van der Waals surface area contributed by atoms with Gasteiger partial charge in [-0.2, -0.15) is 5.10 Å². The highest BCUT2D eigenvalue weighted by atomic mass is 16.4. The summed E-state index contributed by atoms with van der Waals surface area (Å²) >= 11 is 0. The van der Waals surface area contributed by atoms with E-state index < -0.39 is 0 Å². The molecule has 0 bridgehead atoms. The van der Waals surface area contributed by atoms with E-state index in [1.54, 1.807) is 6.20 Å². The monoisotopic (exact) mass is 115 g/mol. The standard InChI is InChI=1S/C4H6N2.H3NO/c1-4-2-3-5-6-4;1-2/h2-3H,1H3,(H,5,6);2H,1H2. The van der Waals surface area contributed by atoms with Gasteiger partial charge in [0, 0.05) is 11.9 Å². The molecule has 4 heteroatoms. The van der Waals surface area contributed by atoms with E-state index in [-0.39, 0.29) is 0 Å². The van der Waals surface area contributed by atoms with Crippen LogP contribution in [0.15, 0.2) is 12.3 Å². The number of nitrogens with zero attached hydrogens (tertiary/aromatic N) is 1. The Morgan fingerprint density at radius 3 is 2.50 bits per heavy atom. The molecule has 0 amide bonds. The average Bonchev–Trinajstić information content (AvgIpc) is 2.24. The van der Waals surface area contributed by atoms with Crippen molar-refractivity contribution in [2.45, 2.75) is 6.92 Å². The van der Waals surface area contributed by atoms with Crippen molar-refractivity contribution in [3.8, 4) is 0 Å². The molecule has 0 aliphatic carbocycles. The third-order valence-electron chi connectivity index (χ3n) is 0.640. The maximum atomic E-state index is 6.50. The van der Waals surface area contributed by atoms with Gasteiger partial charge in [0.2, 0.25) is 0 Å². The van der Waals surface area contributed by atoms with Crippen LogP contribution in [0.1, 0.15) is 5.69 Å². The second-order valence-corrected chi connectivity index (χ2v) is 1.24. The van der Waals surface area contributed by atoms with Crippen LogP contribution >= 0.6 is 0 Å². The van der Waals surface area contributed by atoms with Gasteiger partial charge < -0.3 is 5.21 Å². The molecule has 4 N–H and O–H groups in total. The van der Waals surface area contributed by atoms with Gasteiger partial charge in [-0.3, -0.25) is 5.10 Å². The number of hydrogen-bond acceptors (Lipinski definition) is 3. The molecule has 8 heavy (non-hydrogen) atoms. The second-order valence-electron chi connectivity index (χ2n) is 1.24. The van der Waals surface area contributed by atoms with Gasteiger partial charge >= 0.3 is 0 Å². The molecular formula is C4H9N3O.